The van der Waals surface area contributed by atoms with Gasteiger partial charge in [0.15, 0.2) is 5.82 Å². The van der Waals surface area contributed by atoms with Crippen LogP contribution in [0.15, 0.2) is 29.5 Å². The van der Waals surface area contributed by atoms with Gasteiger partial charge in [-0.25, -0.2) is 9.97 Å². The molecule has 0 bridgehead atoms. The number of aromatic nitrogens is 2. The van der Waals surface area contributed by atoms with Crippen LogP contribution in [-0.2, 0) is 4.79 Å². The summed E-state index contributed by atoms with van der Waals surface area (Å²) < 4.78 is 0.843. The van der Waals surface area contributed by atoms with Crippen molar-refractivity contribution < 1.29 is 4.79 Å². The lowest BCUT2D eigenvalue weighted by molar-refractivity contribution is -0.127. The van der Waals surface area contributed by atoms with Gasteiger partial charge in [0.05, 0.1) is 10.5 Å². The topological polar surface area (TPSA) is 46.1 Å². The minimum atomic E-state index is -0.0472. The first kappa shape index (κ1) is 11.3. The van der Waals surface area contributed by atoms with Crippen LogP contribution in [0.25, 0.3) is 0 Å². The van der Waals surface area contributed by atoms with Crippen molar-refractivity contribution in [3.8, 4) is 0 Å². The molecule has 0 spiro atoms. The summed E-state index contributed by atoms with van der Waals surface area (Å²) in [6.45, 7) is 4.27. The summed E-state index contributed by atoms with van der Waals surface area (Å²) in [5.74, 6) is 0.657. The zero-order valence-electron chi connectivity index (χ0n) is 8.77. The van der Waals surface area contributed by atoms with E-state index in [1.807, 2.05) is 0 Å². The number of amides is 1. The van der Waals surface area contributed by atoms with E-state index in [1.165, 1.54) is 6.08 Å². The Morgan fingerprint density at radius 3 is 2.88 bits per heavy atom. The molecule has 0 aliphatic carbocycles. The standard InChI is InChI=1S/C11H12BrN3O/c1-2-10(16)15-5-3-4-9(15)11-13-6-8(12)7-14-11/h2,6-7,9H,1,3-5H2. The van der Waals surface area contributed by atoms with Crippen LogP contribution in [0, 0.1) is 0 Å². The predicted octanol–water partition coefficient (Wildman–Crippen LogP) is 2.09. The first-order valence-corrected chi connectivity index (χ1v) is 5.92. The highest BCUT2D eigenvalue weighted by molar-refractivity contribution is 9.10. The lowest BCUT2D eigenvalue weighted by atomic mass is 10.2. The van der Waals surface area contributed by atoms with Gasteiger partial charge in [-0.1, -0.05) is 6.58 Å². The number of rotatable bonds is 2. The molecule has 1 saturated heterocycles. The van der Waals surface area contributed by atoms with Gasteiger partial charge < -0.3 is 4.90 Å². The van der Waals surface area contributed by atoms with Gasteiger partial charge in [0.2, 0.25) is 5.91 Å². The van der Waals surface area contributed by atoms with Crippen molar-refractivity contribution in [1.82, 2.24) is 14.9 Å². The van der Waals surface area contributed by atoms with Gasteiger partial charge in [-0.15, -0.1) is 0 Å². The number of hydrogen-bond donors (Lipinski definition) is 0. The van der Waals surface area contributed by atoms with E-state index in [2.05, 4.69) is 32.5 Å². The Morgan fingerprint density at radius 2 is 2.25 bits per heavy atom. The molecule has 0 saturated carbocycles. The summed E-state index contributed by atoms with van der Waals surface area (Å²) in [6, 6.07) is -0.00130. The second-order valence-electron chi connectivity index (χ2n) is 3.65. The molecule has 1 amide bonds. The van der Waals surface area contributed by atoms with E-state index in [4.69, 9.17) is 0 Å². The number of likely N-dealkylation sites (tertiary alicyclic amines) is 1. The van der Waals surface area contributed by atoms with Crippen LogP contribution in [-0.4, -0.2) is 27.3 Å². The molecule has 1 aliphatic heterocycles. The van der Waals surface area contributed by atoms with Crippen LogP contribution in [0.1, 0.15) is 24.7 Å². The third-order valence-electron chi connectivity index (χ3n) is 2.65. The maximum Gasteiger partial charge on any atom is 0.246 e. The molecule has 84 valence electrons. The van der Waals surface area contributed by atoms with Gasteiger partial charge in [-0.3, -0.25) is 4.79 Å². The van der Waals surface area contributed by atoms with Crippen LogP contribution in [0.4, 0.5) is 0 Å². The highest BCUT2D eigenvalue weighted by Gasteiger charge is 2.30. The Hall–Kier alpha value is -1.23. The summed E-state index contributed by atoms with van der Waals surface area (Å²) in [4.78, 5) is 21.9. The van der Waals surface area contributed by atoms with E-state index >= 15 is 0 Å². The van der Waals surface area contributed by atoms with Crippen LogP contribution in [0.3, 0.4) is 0 Å². The number of carbonyl (C=O) groups excluding carboxylic acids is 1. The molecule has 5 heteroatoms. The molecule has 1 atom stereocenters. The third kappa shape index (κ3) is 2.14. The van der Waals surface area contributed by atoms with Crippen molar-refractivity contribution in [3.63, 3.8) is 0 Å². The smallest absolute Gasteiger partial charge is 0.246 e. The molecule has 1 fully saturated rings. The quantitative estimate of drug-likeness (QED) is 0.780. The minimum Gasteiger partial charge on any atom is -0.329 e. The molecule has 1 unspecified atom stereocenters. The van der Waals surface area contributed by atoms with E-state index in [0.717, 1.165) is 23.9 Å². The summed E-state index contributed by atoms with van der Waals surface area (Å²) in [6.07, 6.45) is 6.66. The molecule has 0 N–H and O–H groups in total. The molecule has 0 radical (unpaired) electrons. The highest BCUT2D eigenvalue weighted by atomic mass is 79.9. The van der Waals surface area contributed by atoms with Crippen LogP contribution in [0.5, 0.6) is 0 Å². The van der Waals surface area contributed by atoms with E-state index in [9.17, 15) is 4.79 Å². The van der Waals surface area contributed by atoms with Crippen LogP contribution in [0.2, 0.25) is 0 Å². The van der Waals surface area contributed by atoms with E-state index in [1.54, 1.807) is 17.3 Å². The molecule has 0 aromatic carbocycles. The zero-order valence-corrected chi connectivity index (χ0v) is 10.4. The highest BCUT2D eigenvalue weighted by Crippen LogP contribution is 2.29. The normalized spacial score (nSPS) is 19.8. The lowest BCUT2D eigenvalue weighted by Gasteiger charge is -2.21. The molecule has 2 heterocycles. The Kier molecular flexibility index (Phi) is 3.33. The minimum absolute atomic E-state index is 0.00130. The monoisotopic (exact) mass is 281 g/mol. The third-order valence-corrected chi connectivity index (χ3v) is 3.06. The van der Waals surface area contributed by atoms with E-state index < -0.39 is 0 Å². The average Bonchev–Trinajstić information content (AvgIpc) is 2.78. The van der Waals surface area contributed by atoms with Gasteiger partial charge in [0.1, 0.15) is 0 Å². The average molecular weight is 282 g/mol. The fourth-order valence-corrected chi connectivity index (χ4v) is 2.12. The summed E-state index contributed by atoms with van der Waals surface area (Å²) in [7, 11) is 0. The second kappa shape index (κ2) is 4.74. The Balaban J connectivity index is 2.22. The first-order chi connectivity index (χ1) is 7.72. The van der Waals surface area contributed by atoms with E-state index in [-0.39, 0.29) is 11.9 Å². The second-order valence-corrected chi connectivity index (χ2v) is 4.57. The SMILES string of the molecule is C=CC(=O)N1CCCC1c1ncc(Br)cn1. The zero-order chi connectivity index (χ0) is 11.5. The lowest BCUT2D eigenvalue weighted by Crippen LogP contribution is -2.29. The number of nitrogens with zero attached hydrogens (tertiary/aromatic N) is 3. The van der Waals surface area contributed by atoms with Crippen LogP contribution < -0.4 is 0 Å². The summed E-state index contributed by atoms with van der Waals surface area (Å²) in [5.41, 5.74) is 0. The maximum atomic E-state index is 11.6. The summed E-state index contributed by atoms with van der Waals surface area (Å²) in [5, 5.41) is 0. The van der Waals surface area contributed by atoms with Crippen molar-refractivity contribution in [3.05, 3.63) is 35.3 Å². The molecular weight excluding hydrogens is 270 g/mol. The van der Waals surface area contributed by atoms with Crippen molar-refractivity contribution in [2.75, 3.05) is 6.54 Å². The molecule has 1 aromatic heterocycles. The molecule has 1 aromatic rings. The molecular formula is C11H12BrN3O. The molecule has 2 rings (SSSR count). The van der Waals surface area contributed by atoms with Gasteiger partial charge in [-0.05, 0) is 34.8 Å². The Bertz CT molecular complexity index is 404. The number of carbonyl (C=O) groups is 1. The number of hydrogen-bond acceptors (Lipinski definition) is 3. The van der Waals surface area contributed by atoms with Crippen molar-refractivity contribution in [1.29, 1.82) is 0 Å². The van der Waals surface area contributed by atoms with Crippen LogP contribution >= 0.6 is 15.9 Å². The van der Waals surface area contributed by atoms with Crippen molar-refractivity contribution in [2.24, 2.45) is 0 Å². The Labute approximate surface area is 103 Å². The largest absolute Gasteiger partial charge is 0.329 e. The van der Waals surface area contributed by atoms with Gasteiger partial charge in [-0.2, -0.15) is 0 Å². The Morgan fingerprint density at radius 1 is 1.56 bits per heavy atom. The fraction of sp³-hybridized carbons (Fsp3) is 0.364. The first-order valence-electron chi connectivity index (χ1n) is 5.13. The number of halogens is 1. The summed E-state index contributed by atoms with van der Waals surface area (Å²) >= 11 is 3.29. The van der Waals surface area contributed by atoms with Gasteiger partial charge in [0.25, 0.3) is 0 Å². The van der Waals surface area contributed by atoms with Crippen molar-refractivity contribution in [2.45, 2.75) is 18.9 Å². The predicted molar refractivity (Wildman–Crippen MR) is 63.6 cm³/mol. The fourth-order valence-electron chi connectivity index (χ4n) is 1.91. The van der Waals surface area contributed by atoms with Gasteiger partial charge >= 0.3 is 0 Å². The molecule has 4 nitrogen and oxygen atoms in total. The van der Waals surface area contributed by atoms with E-state index in [0.29, 0.717) is 5.82 Å². The molecule has 16 heavy (non-hydrogen) atoms. The maximum absolute atomic E-state index is 11.6. The van der Waals surface area contributed by atoms with Crippen molar-refractivity contribution >= 4 is 21.8 Å². The van der Waals surface area contributed by atoms with Gasteiger partial charge in [0, 0.05) is 18.9 Å². The molecule has 1 aliphatic rings.